The van der Waals surface area contributed by atoms with Crippen molar-refractivity contribution in [1.29, 1.82) is 0 Å². The standard InChI is InChI=1S/C24H28F3N5O2/c1-15-13-31(9-8-30(15)2)21-11-19(25)18(16-4-3-7-28-12-16)10-20(21)29-23(34)17-5-6-22(33)32(14-17)24(26)27/h4-6,10-11,14-15,24,28H,3,7-9,12-13H2,1-2H3,(H,29,34). The lowest BCUT2D eigenvalue weighted by Crippen LogP contribution is -2.50. The van der Waals surface area contributed by atoms with Crippen LogP contribution in [0.4, 0.5) is 24.5 Å². The second-order valence-electron chi connectivity index (χ2n) is 8.71. The summed E-state index contributed by atoms with van der Waals surface area (Å²) in [6, 6.07) is 5.39. The summed E-state index contributed by atoms with van der Waals surface area (Å²) in [5.41, 5.74) is 1.09. The molecule has 1 unspecified atom stereocenters. The van der Waals surface area contributed by atoms with Crippen molar-refractivity contribution in [3.8, 4) is 0 Å². The van der Waals surface area contributed by atoms with Crippen LogP contribution in [-0.4, -0.2) is 61.2 Å². The van der Waals surface area contributed by atoms with Crippen molar-refractivity contribution in [1.82, 2.24) is 14.8 Å². The number of carbonyl (C=O) groups excluding carboxylic acids is 1. The molecule has 34 heavy (non-hydrogen) atoms. The van der Waals surface area contributed by atoms with Crippen LogP contribution in [0.2, 0.25) is 0 Å². The average Bonchev–Trinajstić information content (AvgIpc) is 2.82. The van der Waals surface area contributed by atoms with E-state index in [2.05, 4.69) is 22.5 Å². The minimum Gasteiger partial charge on any atom is -0.367 e. The number of benzene rings is 1. The summed E-state index contributed by atoms with van der Waals surface area (Å²) >= 11 is 0. The first kappa shape index (κ1) is 24.0. The molecule has 4 rings (SSSR count). The number of nitrogens with one attached hydrogen (secondary N) is 2. The van der Waals surface area contributed by atoms with Gasteiger partial charge in [0.1, 0.15) is 5.82 Å². The highest BCUT2D eigenvalue weighted by atomic mass is 19.3. The van der Waals surface area contributed by atoms with Gasteiger partial charge in [-0.3, -0.25) is 14.2 Å². The third-order valence-electron chi connectivity index (χ3n) is 6.42. The molecule has 0 bridgehead atoms. The monoisotopic (exact) mass is 475 g/mol. The van der Waals surface area contributed by atoms with E-state index in [0.29, 0.717) is 36.6 Å². The van der Waals surface area contributed by atoms with Crippen molar-refractivity contribution in [3.63, 3.8) is 0 Å². The van der Waals surface area contributed by atoms with Gasteiger partial charge in [-0.05, 0) is 50.7 Å². The van der Waals surface area contributed by atoms with Crippen molar-refractivity contribution in [2.45, 2.75) is 25.9 Å². The van der Waals surface area contributed by atoms with E-state index in [1.54, 1.807) is 6.07 Å². The normalized spacial score (nSPS) is 19.3. The Labute approximate surface area is 195 Å². The molecule has 0 spiro atoms. The highest BCUT2D eigenvalue weighted by Crippen LogP contribution is 2.34. The van der Waals surface area contributed by atoms with E-state index < -0.39 is 18.0 Å². The van der Waals surface area contributed by atoms with E-state index in [9.17, 15) is 18.4 Å². The van der Waals surface area contributed by atoms with E-state index in [4.69, 9.17) is 0 Å². The van der Waals surface area contributed by atoms with Crippen molar-refractivity contribution in [2.24, 2.45) is 0 Å². The summed E-state index contributed by atoms with van der Waals surface area (Å²) in [6.07, 6.45) is 3.57. The number of likely N-dealkylation sites (N-methyl/N-ethyl adjacent to an activating group) is 1. The molecule has 0 saturated carbocycles. The number of rotatable bonds is 5. The molecule has 10 heteroatoms. The molecule has 0 aliphatic carbocycles. The Balaban J connectivity index is 1.72. The molecular weight excluding hydrogens is 447 g/mol. The van der Waals surface area contributed by atoms with Crippen LogP contribution in [0.3, 0.4) is 0 Å². The van der Waals surface area contributed by atoms with Crippen LogP contribution in [0.5, 0.6) is 0 Å². The largest absolute Gasteiger partial charge is 0.367 e. The number of hydrogen-bond donors (Lipinski definition) is 2. The fourth-order valence-electron chi connectivity index (χ4n) is 4.27. The summed E-state index contributed by atoms with van der Waals surface area (Å²) < 4.78 is 41.7. The second-order valence-corrected chi connectivity index (χ2v) is 8.71. The van der Waals surface area contributed by atoms with Gasteiger partial charge in [0, 0.05) is 50.0 Å². The van der Waals surface area contributed by atoms with E-state index in [0.717, 1.165) is 37.3 Å². The van der Waals surface area contributed by atoms with Gasteiger partial charge < -0.3 is 20.4 Å². The zero-order chi connectivity index (χ0) is 24.4. The SMILES string of the molecule is CC1CN(c2cc(F)c(C3=CCCNC3)cc2NC(=O)c2ccc(=O)n(C(F)F)c2)CCN1C. The van der Waals surface area contributed by atoms with Gasteiger partial charge in [0.05, 0.1) is 16.9 Å². The predicted octanol–water partition coefficient (Wildman–Crippen LogP) is 3.15. The second kappa shape index (κ2) is 10.0. The van der Waals surface area contributed by atoms with Crippen LogP contribution < -0.4 is 21.1 Å². The third kappa shape index (κ3) is 5.02. The number of amides is 1. The Morgan fingerprint density at radius 3 is 2.71 bits per heavy atom. The Bertz CT molecular complexity index is 1160. The molecule has 2 aliphatic rings. The van der Waals surface area contributed by atoms with Crippen molar-refractivity contribution >= 4 is 22.9 Å². The number of aromatic nitrogens is 1. The highest BCUT2D eigenvalue weighted by molar-refractivity contribution is 6.06. The summed E-state index contributed by atoms with van der Waals surface area (Å²) in [5.74, 6) is -1.05. The summed E-state index contributed by atoms with van der Waals surface area (Å²) in [7, 11) is 2.02. The number of carbonyl (C=O) groups is 1. The molecule has 1 aromatic carbocycles. The van der Waals surface area contributed by atoms with E-state index in [1.807, 2.05) is 18.0 Å². The van der Waals surface area contributed by atoms with Crippen LogP contribution in [-0.2, 0) is 0 Å². The minimum atomic E-state index is -3.06. The molecule has 182 valence electrons. The maximum atomic E-state index is 15.3. The molecule has 1 amide bonds. The Morgan fingerprint density at radius 1 is 1.24 bits per heavy atom. The summed E-state index contributed by atoms with van der Waals surface area (Å²) in [4.78, 5) is 28.9. The quantitative estimate of drug-likeness (QED) is 0.696. The van der Waals surface area contributed by atoms with Gasteiger partial charge >= 0.3 is 6.55 Å². The molecule has 2 N–H and O–H groups in total. The lowest BCUT2D eigenvalue weighted by atomic mass is 9.99. The topological polar surface area (TPSA) is 69.6 Å². The van der Waals surface area contributed by atoms with Gasteiger partial charge in [-0.25, -0.2) is 4.39 Å². The fourth-order valence-corrected chi connectivity index (χ4v) is 4.27. The number of pyridine rings is 1. The molecule has 3 heterocycles. The smallest absolute Gasteiger partial charge is 0.321 e. The van der Waals surface area contributed by atoms with Gasteiger partial charge in [-0.2, -0.15) is 8.78 Å². The molecule has 1 saturated heterocycles. The number of halogens is 3. The maximum absolute atomic E-state index is 15.3. The summed E-state index contributed by atoms with van der Waals surface area (Å²) in [5, 5.41) is 5.99. The molecule has 2 aliphatic heterocycles. The number of anilines is 2. The molecular formula is C24H28F3N5O2. The van der Waals surface area contributed by atoms with Crippen LogP contribution in [0, 0.1) is 5.82 Å². The Hall–Kier alpha value is -3.11. The minimum absolute atomic E-state index is 0.0954. The number of alkyl halides is 2. The van der Waals surface area contributed by atoms with Gasteiger partial charge in [0.15, 0.2) is 0 Å². The zero-order valence-corrected chi connectivity index (χ0v) is 19.2. The van der Waals surface area contributed by atoms with E-state index in [-0.39, 0.29) is 22.0 Å². The van der Waals surface area contributed by atoms with Crippen molar-refractivity contribution in [3.05, 3.63) is 63.8 Å². The highest BCUT2D eigenvalue weighted by Gasteiger charge is 2.25. The maximum Gasteiger partial charge on any atom is 0.321 e. The first-order valence-electron chi connectivity index (χ1n) is 11.2. The number of nitrogens with zero attached hydrogens (tertiary/aromatic N) is 3. The number of piperazine rings is 1. The summed E-state index contributed by atoms with van der Waals surface area (Å²) in [6.45, 7) is 2.38. The molecule has 1 atom stereocenters. The van der Waals surface area contributed by atoms with Crippen LogP contribution in [0.1, 0.15) is 35.8 Å². The van der Waals surface area contributed by atoms with Gasteiger partial charge in [0.2, 0.25) is 0 Å². The molecule has 1 aromatic heterocycles. The first-order chi connectivity index (χ1) is 16.2. The fraction of sp³-hybridized carbons (Fsp3) is 0.417. The Morgan fingerprint density at radius 2 is 2.03 bits per heavy atom. The zero-order valence-electron chi connectivity index (χ0n) is 19.2. The van der Waals surface area contributed by atoms with E-state index >= 15 is 4.39 Å². The molecule has 2 aromatic rings. The third-order valence-corrected chi connectivity index (χ3v) is 6.42. The van der Waals surface area contributed by atoms with Crippen LogP contribution in [0.15, 0.2) is 41.3 Å². The molecule has 1 fully saturated rings. The van der Waals surface area contributed by atoms with Gasteiger partial charge in [0.25, 0.3) is 11.5 Å². The van der Waals surface area contributed by atoms with Crippen molar-refractivity contribution in [2.75, 3.05) is 50.0 Å². The van der Waals surface area contributed by atoms with E-state index in [1.165, 1.54) is 12.1 Å². The molecule has 7 nitrogen and oxygen atoms in total. The van der Waals surface area contributed by atoms with Gasteiger partial charge in [-0.15, -0.1) is 0 Å². The van der Waals surface area contributed by atoms with Crippen molar-refractivity contribution < 1.29 is 18.0 Å². The van der Waals surface area contributed by atoms with Crippen LogP contribution in [0.25, 0.3) is 5.57 Å². The Kier molecular flexibility index (Phi) is 7.08. The van der Waals surface area contributed by atoms with Gasteiger partial charge in [-0.1, -0.05) is 6.08 Å². The number of hydrogen-bond acceptors (Lipinski definition) is 5. The first-order valence-corrected chi connectivity index (χ1v) is 11.2. The predicted molar refractivity (Wildman–Crippen MR) is 126 cm³/mol. The average molecular weight is 476 g/mol. The van der Waals surface area contributed by atoms with Crippen LogP contribution >= 0.6 is 0 Å². The molecule has 0 radical (unpaired) electrons. The lowest BCUT2D eigenvalue weighted by molar-refractivity contribution is 0.0660. The lowest BCUT2D eigenvalue weighted by Gasteiger charge is -2.39.